The highest BCUT2D eigenvalue weighted by Gasteiger charge is 2.40. The minimum absolute atomic E-state index is 0.00335. The molecular weight excluding hydrogens is 412 g/mol. The average molecular weight is 441 g/mol. The number of amides is 1. The number of rotatable bonds is 5. The molecule has 1 aliphatic heterocycles. The Morgan fingerprint density at radius 2 is 1.89 bits per heavy atom. The van der Waals surface area contributed by atoms with Crippen LogP contribution in [0.4, 0.5) is 4.79 Å². The van der Waals surface area contributed by atoms with Gasteiger partial charge in [0.1, 0.15) is 5.75 Å². The molecule has 1 aliphatic carbocycles. The zero-order valence-electron chi connectivity index (χ0n) is 15.9. The molecule has 6 nitrogen and oxygen atoms in total. The fourth-order valence-electron chi connectivity index (χ4n) is 4.38. The van der Waals surface area contributed by atoms with Crippen molar-refractivity contribution in [2.24, 2.45) is 0 Å². The first-order valence-electron chi connectivity index (χ1n) is 9.69. The number of methoxy groups -OCH3 is 1. The first-order valence-corrected chi connectivity index (χ1v) is 10.5. The molecule has 0 aromatic heterocycles. The van der Waals surface area contributed by atoms with Gasteiger partial charge in [-0.05, 0) is 46.5 Å². The molecule has 7 heteroatoms. The summed E-state index contributed by atoms with van der Waals surface area (Å²) in [6.45, 7) is 3.19. The van der Waals surface area contributed by atoms with Gasteiger partial charge in [0.25, 0.3) is 0 Å². The summed E-state index contributed by atoms with van der Waals surface area (Å²) in [6, 6.07) is 6.05. The van der Waals surface area contributed by atoms with Crippen molar-refractivity contribution in [2.75, 3.05) is 39.8 Å². The molecule has 0 spiro atoms. The van der Waals surface area contributed by atoms with Crippen LogP contribution in [0.25, 0.3) is 0 Å². The monoisotopic (exact) mass is 440 g/mol. The van der Waals surface area contributed by atoms with Crippen molar-refractivity contribution in [3.8, 4) is 5.75 Å². The molecule has 0 bridgehead atoms. The number of nitrogens with zero attached hydrogens (tertiary/aromatic N) is 2. The molecule has 2 N–H and O–H groups in total. The van der Waals surface area contributed by atoms with Crippen molar-refractivity contribution in [3.63, 3.8) is 0 Å². The molecular formula is C20H29BrN2O4. The topological polar surface area (TPSA) is 73.2 Å². The second-order valence-corrected chi connectivity index (χ2v) is 8.54. The summed E-state index contributed by atoms with van der Waals surface area (Å²) < 4.78 is 6.24. The SMILES string of the molecule is COc1ccc(C(CN2CCN(C(=O)O)CC2)C2(O)CCCCC2)cc1Br. The van der Waals surface area contributed by atoms with Crippen LogP contribution in [0.1, 0.15) is 43.6 Å². The van der Waals surface area contributed by atoms with Crippen molar-refractivity contribution in [1.29, 1.82) is 0 Å². The van der Waals surface area contributed by atoms with E-state index in [1.807, 2.05) is 12.1 Å². The third-order valence-corrected chi connectivity index (χ3v) is 6.65. The fraction of sp³-hybridized carbons (Fsp3) is 0.650. The molecule has 1 amide bonds. The van der Waals surface area contributed by atoms with E-state index in [9.17, 15) is 9.90 Å². The summed E-state index contributed by atoms with van der Waals surface area (Å²) in [5, 5.41) is 20.7. The lowest BCUT2D eigenvalue weighted by Crippen LogP contribution is -2.51. The van der Waals surface area contributed by atoms with E-state index in [-0.39, 0.29) is 5.92 Å². The third kappa shape index (κ3) is 4.76. The highest BCUT2D eigenvalue weighted by atomic mass is 79.9. The molecule has 150 valence electrons. The normalized spacial score (nSPS) is 21.7. The summed E-state index contributed by atoms with van der Waals surface area (Å²) in [6.07, 6.45) is 4.07. The number of piperazine rings is 1. The number of halogens is 1. The van der Waals surface area contributed by atoms with E-state index >= 15 is 0 Å². The summed E-state index contributed by atoms with van der Waals surface area (Å²) in [4.78, 5) is 14.9. The van der Waals surface area contributed by atoms with Gasteiger partial charge in [0.05, 0.1) is 17.2 Å². The van der Waals surface area contributed by atoms with E-state index in [0.717, 1.165) is 48.0 Å². The number of aliphatic hydroxyl groups is 1. The van der Waals surface area contributed by atoms with E-state index in [0.29, 0.717) is 26.2 Å². The number of hydrogen-bond acceptors (Lipinski definition) is 4. The Bertz CT molecular complexity index is 655. The van der Waals surface area contributed by atoms with Crippen LogP contribution < -0.4 is 4.74 Å². The smallest absolute Gasteiger partial charge is 0.407 e. The molecule has 1 heterocycles. The van der Waals surface area contributed by atoms with Gasteiger partial charge >= 0.3 is 6.09 Å². The fourth-order valence-corrected chi connectivity index (χ4v) is 4.94. The molecule has 1 aromatic carbocycles. The summed E-state index contributed by atoms with van der Waals surface area (Å²) >= 11 is 3.57. The van der Waals surface area contributed by atoms with E-state index in [4.69, 9.17) is 9.84 Å². The summed E-state index contributed by atoms with van der Waals surface area (Å²) in [7, 11) is 1.65. The van der Waals surface area contributed by atoms with Crippen LogP contribution in [-0.4, -0.2) is 71.5 Å². The standard InChI is InChI=1S/C20H29BrN2O4/c1-27-18-6-5-15(13-17(18)21)16(20(26)7-3-2-4-8-20)14-22-9-11-23(12-10-22)19(24)25/h5-6,13,16,26H,2-4,7-12,14H2,1H3,(H,24,25). The maximum absolute atomic E-state index is 11.5. The number of carboxylic acid groups (broad SMARTS) is 1. The second-order valence-electron chi connectivity index (χ2n) is 7.68. The average Bonchev–Trinajstić information content (AvgIpc) is 2.67. The highest BCUT2D eigenvalue weighted by molar-refractivity contribution is 9.10. The van der Waals surface area contributed by atoms with E-state index in [2.05, 4.69) is 26.9 Å². The zero-order chi connectivity index (χ0) is 19.4. The van der Waals surface area contributed by atoms with Crippen LogP contribution in [0, 0.1) is 0 Å². The Morgan fingerprint density at radius 3 is 2.44 bits per heavy atom. The molecule has 1 atom stereocenters. The minimum Gasteiger partial charge on any atom is -0.496 e. The highest BCUT2D eigenvalue weighted by Crippen LogP contribution is 2.42. The molecule has 27 heavy (non-hydrogen) atoms. The van der Waals surface area contributed by atoms with Crippen LogP contribution in [0.2, 0.25) is 0 Å². The number of carbonyl (C=O) groups is 1. The van der Waals surface area contributed by atoms with E-state index in [1.165, 1.54) is 11.3 Å². The lowest BCUT2D eigenvalue weighted by atomic mass is 9.72. The first-order chi connectivity index (χ1) is 12.9. The maximum Gasteiger partial charge on any atom is 0.407 e. The van der Waals surface area contributed by atoms with Gasteiger partial charge in [-0.15, -0.1) is 0 Å². The zero-order valence-corrected chi connectivity index (χ0v) is 17.4. The lowest BCUT2D eigenvalue weighted by molar-refractivity contribution is -0.0339. The maximum atomic E-state index is 11.5. The molecule has 1 unspecified atom stereocenters. The van der Waals surface area contributed by atoms with Gasteiger partial charge in [-0.1, -0.05) is 25.3 Å². The number of ether oxygens (including phenoxy) is 1. The largest absolute Gasteiger partial charge is 0.496 e. The number of benzene rings is 1. The molecule has 1 saturated heterocycles. The first kappa shape index (κ1) is 20.4. The van der Waals surface area contributed by atoms with Crippen molar-refractivity contribution >= 4 is 22.0 Å². The quantitative estimate of drug-likeness (QED) is 0.732. The molecule has 2 aliphatic rings. The van der Waals surface area contributed by atoms with Crippen molar-refractivity contribution in [3.05, 3.63) is 28.2 Å². The van der Waals surface area contributed by atoms with E-state index < -0.39 is 11.7 Å². The molecule has 1 aromatic rings. The van der Waals surface area contributed by atoms with Crippen molar-refractivity contribution in [2.45, 2.75) is 43.6 Å². The molecule has 0 radical (unpaired) electrons. The Labute approximate surface area is 169 Å². The van der Waals surface area contributed by atoms with Gasteiger partial charge in [-0.3, -0.25) is 4.90 Å². The Balaban J connectivity index is 1.80. The molecule has 1 saturated carbocycles. The van der Waals surface area contributed by atoms with Crippen LogP contribution >= 0.6 is 15.9 Å². The predicted molar refractivity (Wildman–Crippen MR) is 108 cm³/mol. The molecule has 3 rings (SSSR count). The van der Waals surface area contributed by atoms with Gasteiger partial charge in [0, 0.05) is 38.6 Å². The van der Waals surface area contributed by atoms with E-state index in [1.54, 1.807) is 7.11 Å². The van der Waals surface area contributed by atoms with Crippen LogP contribution in [0.15, 0.2) is 22.7 Å². The van der Waals surface area contributed by atoms with Crippen LogP contribution in [0.3, 0.4) is 0 Å². The van der Waals surface area contributed by atoms with Gasteiger partial charge in [-0.2, -0.15) is 0 Å². The lowest BCUT2D eigenvalue weighted by Gasteiger charge is -2.43. The Morgan fingerprint density at radius 1 is 1.22 bits per heavy atom. The van der Waals surface area contributed by atoms with Crippen molar-refractivity contribution < 1.29 is 19.7 Å². The Hall–Kier alpha value is -1.31. The van der Waals surface area contributed by atoms with Crippen LogP contribution in [-0.2, 0) is 0 Å². The summed E-state index contributed by atoms with van der Waals surface area (Å²) in [5.41, 5.74) is 0.392. The van der Waals surface area contributed by atoms with Crippen molar-refractivity contribution in [1.82, 2.24) is 9.80 Å². The minimum atomic E-state index is -0.851. The van der Waals surface area contributed by atoms with Gasteiger partial charge in [-0.25, -0.2) is 4.79 Å². The van der Waals surface area contributed by atoms with Gasteiger partial charge in [0.15, 0.2) is 0 Å². The second kappa shape index (κ2) is 8.80. The number of hydrogen-bond donors (Lipinski definition) is 2. The Kier molecular flexibility index (Phi) is 6.65. The van der Waals surface area contributed by atoms with Gasteiger partial charge < -0.3 is 19.8 Å². The van der Waals surface area contributed by atoms with Crippen LogP contribution in [0.5, 0.6) is 5.75 Å². The third-order valence-electron chi connectivity index (χ3n) is 6.03. The molecule has 2 fully saturated rings. The summed E-state index contributed by atoms with van der Waals surface area (Å²) in [5.74, 6) is 0.777. The predicted octanol–water partition coefficient (Wildman–Crippen LogP) is 3.53. The van der Waals surface area contributed by atoms with Gasteiger partial charge in [0.2, 0.25) is 0 Å².